The lowest BCUT2D eigenvalue weighted by Crippen LogP contribution is -2.42. The molecule has 1 saturated heterocycles. The molecule has 2 aromatic carbocycles. The van der Waals surface area contributed by atoms with Gasteiger partial charge in [0.15, 0.2) is 0 Å². The standard InChI is InChI=1S/C21H22F4N2O/c1-13(26)14-7-9-27(10-8-14)20(28)19-12-17(22)5-6-18(19)15-3-2-4-16(11-15)21(23,24)25/h2-6,11-14H,7-10,26H2,1H3. The van der Waals surface area contributed by atoms with Gasteiger partial charge in [0.2, 0.25) is 0 Å². The third-order valence-corrected chi connectivity index (χ3v) is 5.28. The molecule has 3 rings (SSSR count). The molecule has 2 N–H and O–H groups in total. The first kappa shape index (κ1) is 20.3. The highest BCUT2D eigenvalue weighted by atomic mass is 19.4. The van der Waals surface area contributed by atoms with Crippen LogP contribution in [0.25, 0.3) is 11.1 Å². The molecule has 0 aliphatic carbocycles. The van der Waals surface area contributed by atoms with Crippen molar-refractivity contribution < 1.29 is 22.4 Å². The normalized spacial score (nSPS) is 16.9. The summed E-state index contributed by atoms with van der Waals surface area (Å²) in [6, 6.07) is 8.34. The number of carbonyl (C=O) groups is 1. The van der Waals surface area contributed by atoms with Crippen molar-refractivity contribution in [1.82, 2.24) is 4.90 Å². The van der Waals surface area contributed by atoms with Gasteiger partial charge in [-0.3, -0.25) is 4.79 Å². The fourth-order valence-electron chi connectivity index (χ4n) is 3.61. The molecule has 150 valence electrons. The quantitative estimate of drug-likeness (QED) is 0.767. The van der Waals surface area contributed by atoms with E-state index in [9.17, 15) is 22.4 Å². The molecule has 3 nitrogen and oxygen atoms in total. The largest absolute Gasteiger partial charge is 0.416 e. The van der Waals surface area contributed by atoms with Gasteiger partial charge in [0.05, 0.1) is 11.1 Å². The van der Waals surface area contributed by atoms with E-state index in [4.69, 9.17) is 5.73 Å². The maximum absolute atomic E-state index is 13.9. The molecule has 1 atom stereocenters. The van der Waals surface area contributed by atoms with Gasteiger partial charge in [0, 0.05) is 19.1 Å². The summed E-state index contributed by atoms with van der Waals surface area (Å²) in [4.78, 5) is 14.6. The number of halogens is 4. The molecule has 1 unspecified atom stereocenters. The SMILES string of the molecule is CC(N)C1CCN(C(=O)c2cc(F)ccc2-c2cccc(C(F)(F)F)c2)CC1. The van der Waals surface area contributed by atoms with Gasteiger partial charge in [-0.25, -0.2) is 4.39 Å². The molecule has 0 radical (unpaired) electrons. The summed E-state index contributed by atoms with van der Waals surface area (Å²) >= 11 is 0. The van der Waals surface area contributed by atoms with Gasteiger partial charge < -0.3 is 10.6 Å². The number of hydrogen-bond acceptors (Lipinski definition) is 2. The van der Waals surface area contributed by atoms with Crippen molar-refractivity contribution in [2.45, 2.75) is 32.0 Å². The van der Waals surface area contributed by atoms with E-state index in [0.29, 0.717) is 19.0 Å². The number of nitrogens with zero attached hydrogens (tertiary/aromatic N) is 1. The topological polar surface area (TPSA) is 46.3 Å². The summed E-state index contributed by atoms with van der Waals surface area (Å²) in [5, 5.41) is 0. The third kappa shape index (κ3) is 4.35. The minimum absolute atomic E-state index is 0.0343. The summed E-state index contributed by atoms with van der Waals surface area (Å²) in [6.45, 7) is 2.91. The van der Waals surface area contributed by atoms with Crippen LogP contribution < -0.4 is 5.73 Å². The van der Waals surface area contributed by atoms with E-state index in [2.05, 4.69) is 0 Å². The molecule has 2 aromatic rings. The summed E-state index contributed by atoms with van der Waals surface area (Å²) in [6.07, 6.45) is -3.00. The van der Waals surface area contributed by atoms with Gasteiger partial charge in [-0.15, -0.1) is 0 Å². The van der Waals surface area contributed by atoms with Crippen molar-refractivity contribution in [3.8, 4) is 11.1 Å². The lowest BCUT2D eigenvalue weighted by atomic mass is 9.90. The second-order valence-electron chi connectivity index (χ2n) is 7.26. The fourth-order valence-corrected chi connectivity index (χ4v) is 3.61. The third-order valence-electron chi connectivity index (χ3n) is 5.28. The molecule has 0 saturated carbocycles. The van der Waals surface area contributed by atoms with E-state index in [1.165, 1.54) is 18.2 Å². The van der Waals surface area contributed by atoms with Crippen LogP contribution in [0.3, 0.4) is 0 Å². The Balaban J connectivity index is 1.93. The predicted molar refractivity (Wildman–Crippen MR) is 99.1 cm³/mol. The maximum atomic E-state index is 13.9. The number of benzene rings is 2. The van der Waals surface area contributed by atoms with Crippen LogP contribution in [0.1, 0.15) is 35.7 Å². The number of piperidine rings is 1. The second kappa shape index (κ2) is 7.91. The molecule has 1 aliphatic heterocycles. The first-order valence-corrected chi connectivity index (χ1v) is 9.19. The van der Waals surface area contributed by atoms with Crippen LogP contribution >= 0.6 is 0 Å². The maximum Gasteiger partial charge on any atom is 0.416 e. The number of rotatable bonds is 3. The van der Waals surface area contributed by atoms with Crippen molar-refractivity contribution >= 4 is 5.91 Å². The highest BCUT2D eigenvalue weighted by molar-refractivity contribution is 6.01. The van der Waals surface area contributed by atoms with E-state index in [-0.39, 0.29) is 28.6 Å². The van der Waals surface area contributed by atoms with E-state index in [0.717, 1.165) is 37.1 Å². The summed E-state index contributed by atoms with van der Waals surface area (Å²) in [5.74, 6) is -0.668. The van der Waals surface area contributed by atoms with Crippen molar-refractivity contribution in [2.24, 2.45) is 11.7 Å². The van der Waals surface area contributed by atoms with E-state index in [1.54, 1.807) is 4.90 Å². The van der Waals surface area contributed by atoms with Gasteiger partial charge in [0.25, 0.3) is 5.91 Å². The number of nitrogens with two attached hydrogens (primary N) is 1. The molecule has 7 heteroatoms. The van der Waals surface area contributed by atoms with Crippen molar-refractivity contribution in [3.63, 3.8) is 0 Å². The van der Waals surface area contributed by atoms with Crippen LogP contribution in [-0.4, -0.2) is 29.9 Å². The van der Waals surface area contributed by atoms with Crippen LogP contribution in [0.2, 0.25) is 0 Å². The van der Waals surface area contributed by atoms with E-state index < -0.39 is 17.6 Å². The molecule has 1 fully saturated rings. The van der Waals surface area contributed by atoms with Gasteiger partial charge in [-0.1, -0.05) is 18.2 Å². The highest BCUT2D eigenvalue weighted by Gasteiger charge is 2.31. The smallest absolute Gasteiger partial charge is 0.339 e. The Kier molecular flexibility index (Phi) is 5.74. The number of alkyl halides is 3. The van der Waals surface area contributed by atoms with Gasteiger partial charge in [-0.05, 0) is 61.1 Å². The summed E-state index contributed by atoms with van der Waals surface area (Å²) in [5.41, 5.74) is 5.69. The zero-order valence-electron chi connectivity index (χ0n) is 15.5. The molecule has 0 aromatic heterocycles. The van der Waals surface area contributed by atoms with Crippen molar-refractivity contribution in [2.75, 3.05) is 13.1 Å². The Labute approximate surface area is 161 Å². The van der Waals surface area contributed by atoms with E-state index >= 15 is 0 Å². The molecule has 1 amide bonds. The molecule has 1 heterocycles. The lowest BCUT2D eigenvalue weighted by molar-refractivity contribution is -0.137. The average molecular weight is 394 g/mol. The lowest BCUT2D eigenvalue weighted by Gasteiger charge is -2.34. The molecule has 0 bridgehead atoms. The van der Waals surface area contributed by atoms with Crippen molar-refractivity contribution in [1.29, 1.82) is 0 Å². The van der Waals surface area contributed by atoms with Gasteiger partial charge in [-0.2, -0.15) is 13.2 Å². The second-order valence-corrected chi connectivity index (χ2v) is 7.26. The van der Waals surface area contributed by atoms with Gasteiger partial charge >= 0.3 is 6.18 Å². The minimum Gasteiger partial charge on any atom is -0.339 e. The van der Waals surface area contributed by atoms with Gasteiger partial charge in [0.1, 0.15) is 5.82 Å². The Morgan fingerprint density at radius 3 is 2.43 bits per heavy atom. The fraction of sp³-hybridized carbons (Fsp3) is 0.381. The predicted octanol–water partition coefficient (Wildman–Crippen LogP) is 4.71. The molecular formula is C21H22F4N2O. The number of amides is 1. The van der Waals surface area contributed by atoms with Crippen LogP contribution in [0, 0.1) is 11.7 Å². The molecule has 0 spiro atoms. The first-order chi connectivity index (χ1) is 13.2. The Morgan fingerprint density at radius 2 is 1.82 bits per heavy atom. The van der Waals surface area contributed by atoms with Crippen LogP contribution in [0.15, 0.2) is 42.5 Å². The van der Waals surface area contributed by atoms with Crippen LogP contribution in [0.5, 0.6) is 0 Å². The Hall–Kier alpha value is -2.41. The molecular weight excluding hydrogens is 372 g/mol. The van der Waals surface area contributed by atoms with Crippen LogP contribution in [-0.2, 0) is 6.18 Å². The first-order valence-electron chi connectivity index (χ1n) is 9.19. The summed E-state index contributed by atoms with van der Waals surface area (Å²) in [7, 11) is 0. The molecule has 28 heavy (non-hydrogen) atoms. The van der Waals surface area contributed by atoms with E-state index in [1.807, 2.05) is 6.92 Å². The zero-order valence-corrected chi connectivity index (χ0v) is 15.5. The summed E-state index contributed by atoms with van der Waals surface area (Å²) < 4.78 is 53.0. The minimum atomic E-state index is -4.50. The Morgan fingerprint density at radius 1 is 1.14 bits per heavy atom. The highest BCUT2D eigenvalue weighted by Crippen LogP contribution is 2.34. The average Bonchev–Trinajstić information content (AvgIpc) is 2.67. The number of likely N-dealkylation sites (tertiary alicyclic amines) is 1. The van der Waals surface area contributed by atoms with Crippen molar-refractivity contribution in [3.05, 3.63) is 59.4 Å². The Bertz CT molecular complexity index is 856. The zero-order chi connectivity index (χ0) is 20.5. The monoisotopic (exact) mass is 394 g/mol. The van der Waals surface area contributed by atoms with Crippen LogP contribution in [0.4, 0.5) is 17.6 Å². The number of carbonyl (C=O) groups excluding carboxylic acids is 1. The molecule has 1 aliphatic rings. The number of hydrogen-bond donors (Lipinski definition) is 1.